The predicted octanol–water partition coefficient (Wildman–Crippen LogP) is 3.43. The van der Waals surface area contributed by atoms with Crippen molar-refractivity contribution in [3.63, 3.8) is 0 Å². The van der Waals surface area contributed by atoms with Gasteiger partial charge in [0.2, 0.25) is 0 Å². The van der Waals surface area contributed by atoms with E-state index in [1.807, 2.05) is 56.3 Å². The van der Waals surface area contributed by atoms with Crippen LogP contribution in [0.2, 0.25) is 0 Å². The highest BCUT2D eigenvalue weighted by molar-refractivity contribution is 6.03. The Morgan fingerprint density at radius 3 is 2.70 bits per heavy atom. The van der Waals surface area contributed by atoms with Gasteiger partial charge in [-0.05, 0) is 43.2 Å². The number of amides is 1. The zero-order valence-corrected chi connectivity index (χ0v) is 11.4. The van der Waals surface area contributed by atoms with Gasteiger partial charge in [0, 0.05) is 5.69 Å². The number of hydrogen-bond acceptors (Lipinski definition) is 2. The Bertz CT molecular complexity index is 756. The maximum Gasteiger partial charge on any atom is 0.291 e. The fourth-order valence-electron chi connectivity index (χ4n) is 2.13. The van der Waals surface area contributed by atoms with Crippen molar-refractivity contribution in [2.45, 2.75) is 13.8 Å². The molecule has 0 saturated heterocycles. The average molecular weight is 265 g/mol. The number of para-hydroxylation sites is 2. The van der Waals surface area contributed by atoms with Gasteiger partial charge in [-0.2, -0.15) is 0 Å². The summed E-state index contributed by atoms with van der Waals surface area (Å²) in [6, 6.07) is 13.4. The minimum atomic E-state index is -0.227. The van der Waals surface area contributed by atoms with Gasteiger partial charge in [-0.15, -0.1) is 0 Å². The third-order valence-electron chi connectivity index (χ3n) is 3.46. The van der Waals surface area contributed by atoms with Crippen LogP contribution in [0.4, 0.5) is 5.69 Å². The maximum absolute atomic E-state index is 12.2. The summed E-state index contributed by atoms with van der Waals surface area (Å²) < 4.78 is 0. The molecule has 0 aliphatic heterocycles. The number of nitrogens with zero attached hydrogens (tertiary/aromatic N) is 1. The fourth-order valence-corrected chi connectivity index (χ4v) is 2.13. The van der Waals surface area contributed by atoms with Crippen molar-refractivity contribution in [1.82, 2.24) is 9.97 Å². The topological polar surface area (TPSA) is 57.8 Å². The molecule has 4 nitrogen and oxygen atoms in total. The largest absolute Gasteiger partial charge is 0.334 e. The zero-order chi connectivity index (χ0) is 14.1. The number of imidazole rings is 1. The van der Waals surface area contributed by atoms with Gasteiger partial charge in [0.05, 0.1) is 11.0 Å². The number of fused-ring (bicyclic) bond motifs is 1. The summed E-state index contributed by atoms with van der Waals surface area (Å²) in [5.41, 5.74) is 4.68. The summed E-state index contributed by atoms with van der Waals surface area (Å²) in [7, 11) is 0. The van der Waals surface area contributed by atoms with E-state index in [1.165, 1.54) is 0 Å². The lowest BCUT2D eigenvalue weighted by atomic mass is 10.1. The van der Waals surface area contributed by atoms with E-state index >= 15 is 0 Å². The molecule has 2 aromatic carbocycles. The van der Waals surface area contributed by atoms with E-state index in [-0.39, 0.29) is 5.91 Å². The second kappa shape index (κ2) is 4.81. The van der Waals surface area contributed by atoms with E-state index in [2.05, 4.69) is 15.3 Å². The Hall–Kier alpha value is -2.62. The molecule has 0 aliphatic rings. The minimum Gasteiger partial charge on any atom is -0.334 e. The molecule has 1 aromatic heterocycles. The monoisotopic (exact) mass is 265 g/mol. The highest BCUT2D eigenvalue weighted by atomic mass is 16.2. The summed E-state index contributed by atoms with van der Waals surface area (Å²) in [4.78, 5) is 19.6. The molecule has 20 heavy (non-hydrogen) atoms. The number of H-pyrrole nitrogens is 1. The SMILES string of the molecule is Cc1cccc(NC(=O)c2nc3ccccc3[nH]2)c1C. The maximum atomic E-state index is 12.2. The average Bonchev–Trinajstić information content (AvgIpc) is 2.88. The second-order valence-corrected chi connectivity index (χ2v) is 4.80. The summed E-state index contributed by atoms with van der Waals surface area (Å²) in [5, 5.41) is 2.90. The van der Waals surface area contributed by atoms with Crippen LogP contribution >= 0.6 is 0 Å². The number of hydrogen-bond donors (Lipinski definition) is 2. The first-order chi connectivity index (χ1) is 9.65. The normalized spacial score (nSPS) is 10.7. The van der Waals surface area contributed by atoms with Crippen molar-refractivity contribution in [2.24, 2.45) is 0 Å². The summed E-state index contributed by atoms with van der Waals surface area (Å²) in [6.45, 7) is 4.01. The van der Waals surface area contributed by atoms with Gasteiger partial charge < -0.3 is 10.3 Å². The first kappa shape index (κ1) is 12.4. The molecule has 1 heterocycles. The summed E-state index contributed by atoms with van der Waals surface area (Å²) in [5.74, 6) is 0.0991. The van der Waals surface area contributed by atoms with Gasteiger partial charge in [0.15, 0.2) is 5.82 Å². The van der Waals surface area contributed by atoms with Gasteiger partial charge in [-0.25, -0.2) is 4.98 Å². The number of aryl methyl sites for hydroxylation is 1. The fraction of sp³-hybridized carbons (Fsp3) is 0.125. The standard InChI is InChI=1S/C16H15N3O/c1-10-6-5-9-12(11(10)2)19-16(20)15-17-13-7-3-4-8-14(13)18-15/h3-9H,1-2H3,(H,17,18)(H,19,20). The van der Waals surface area contributed by atoms with Crippen LogP contribution in [0.5, 0.6) is 0 Å². The Labute approximate surface area is 116 Å². The number of nitrogens with one attached hydrogen (secondary N) is 2. The lowest BCUT2D eigenvalue weighted by Crippen LogP contribution is -2.14. The van der Waals surface area contributed by atoms with E-state index in [0.29, 0.717) is 5.82 Å². The third kappa shape index (κ3) is 2.16. The number of carbonyl (C=O) groups excluding carboxylic acids is 1. The molecule has 0 fully saturated rings. The van der Waals surface area contributed by atoms with Crippen LogP contribution in [0, 0.1) is 13.8 Å². The van der Waals surface area contributed by atoms with Crippen molar-refractivity contribution in [3.8, 4) is 0 Å². The van der Waals surface area contributed by atoms with Crippen molar-refractivity contribution >= 4 is 22.6 Å². The van der Waals surface area contributed by atoms with Gasteiger partial charge in [0.25, 0.3) is 5.91 Å². The molecular weight excluding hydrogens is 250 g/mol. The molecule has 3 aromatic rings. The molecule has 1 amide bonds. The quantitative estimate of drug-likeness (QED) is 0.745. The number of rotatable bonds is 2. The van der Waals surface area contributed by atoms with E-state index in [9.17, 15) is 4.79 Å². The predicted molar refractivity (Wildman–Crippen MR) is 80.0 cm³/mol. The first-order valence-electron chi connectivity index (χ1n) is 6.47. The Morgan fingerprint density at radius 2 is 1.90 bits per heavy atom. The molecule has 100 valence electrons. The van der Waals surface area contributed by atoms with Crippen LogP contribution in [-0.4, -0.2) is 15.9 Å². The van der Waals surface area contributed by atoms with Gasteiger partial charge in [0.1, 0.15) is 0 Å². The molecule has 0 saturated carbocycles. The van der Waals surface area contributed by atoms with Crippen LogP contribution in [0.1, 0.15) is 21.7 Å². The van der Waals surface area contributed by atoms with Crippen LogP contribution in [0.15, 0.2) is 42.5 Å². The minimum absolute atomic E-state index is 0.227. The molecule has 0 bridgehead atoms. The van der Waals surface area contributed by atoms with Crippen LogP contribution < -0.4 is 5.32 Å². The summed E-state index contributed by atoms with van der Waals surface area (Å²) >= 11 is 0. The molecular formula is C16H15N3O. The lowest BCUT2D eigenvalue weighted by molar-refractivity contribution is 0.101. The second-order valence-electron chi connectivity index (χ2n) is 4.80. The number of aromatic amines is 1. The Morgan fingerprint density at radius 1 is 1.10 bits per heavy atom. The molecule has 0 aliphatic carbocycles. The molecule has 0 atom stereocenters. The van der Waals surface area contributed by atoms with Crippen molar-refractivity contribution in [2.75, 3.05) is 5.32 Å². The third-order valence-corrected chi connectivity index (χ3v) is 3.46. The number of carbonyl (C=O) groups is 1. The summed E-state index contributed by atoms with van der Waals surface area (Å²) in [6.07, 6.45) is 0. The number of benzene rings is 2. The van der Waals surface area contributed by atoms with E-state index < -0.39 is 0 Å². The van der Waals surface area contributed by atoms with Crippen molar-refractivity contribution in [1.29, 1.82) is 0 Å². The van der Waals surface area contributed by atoms with E-state index in [0.717, 1.165) is 27.8 Å². The van der Waals surface area contributed by atoms with Gasteiger partial charge >= 0.3 is 0 Å². The van der Waals surface area contributed by atoms with Gasteiger partial charge in [-0.3, -0.25) is 4.79 Å². The molecule has 0 unspecified atom stereocenters. The van der Waals surface area contributed by atoms with Crippen LogP contribution in [0.3, 0.4) is 0 Å². The van der Waals surface area contributed by atoms with Gasteiger partial charge in [-0.1, -0.05) is 24.3 Å². The Kier molecular flexibility index (Phi) is 2.99. The van der Waals surface area contributed by atoms with Crippen molar-refractivity contribution in [3.05, 3.63) is 59.4 Å². The highest BCUT2D eigenvalue weighted by Crippen LogP contribution is 2.19. The first-order valence-corrected chi connectivity index (χ1v) is 6.47. The molecule has 2 N–H and O–H groups in total. The number of anilines is 1. The molecule has 0 radical (unpaired) electrons. The zero-order valence-electron chi connectivity index (χ0n) is 11.4. The highest BCUT2D eigenvalue weighted by Gasteiger charge is 2.12. The van der Waals surface area contributed by atoms with Crippen LogP contribution in [-0.2, 0) is 0 Å². The van der Waals surface area contributed by atoms with Crippen molar-refractivity contribution < 1.29 is 4.79 Å². The molecule has 0 spiro atoms. The molecule has 3 rings (SSSR count). The van der Waals surface area contributed by atoms with Crippen LogP contribution in [0.25, 0.3) is 11.0 Å². The van der Waals surface area contributed by atoms with E-state index in [1.54, 1.807) is 0 Å². The Balaban J connectivity index is 1.91. The smallest absolute Gasteiger partial charge is 0.291 e. The lowest BCUT2D eigenvalue weighted by Gasteiger charge is -2.08. The van der Waals surface area contributed by atoms with E-state index in [4.69, 9.17) is 0 Å². The number of aromatic nitrogens is 2. The molecule has 4 heteroatoms.